The van der Waals surface area contributed by atoms with Gasteiger partial charge in [-0.15, -0.1) is 0 Å². The molecule has 0 aromatic heterocycles. The maximum absolute atomic E-state index is 3.49. The van der Waals surface area contributed by atoms with Gasteiger partial charge in [0.2, 0.25) is 0 Å². The minimum absolute atomic E-state index is 0. The van der Waals surface area contributed by atoms with Gasteiger partial charge in [0, 0.05) is 0 Å². The highest BCUT2D eigenvalue weighted by molar-refractivity contribution is 4.18. The van der Waals surface area contributed by atoms with E-state index in [0.717, 1.165) is 6.42 Å². The lowest BCUT2D eigenvalue weighted by molar-refractivity contribution is 1.23. The lowest BCUT2D eigenvalue weighted by Gasteiger charge is -1.47. The highest BCUT2D eigenvalue weighted by Gasteiger charge is 1.36. The Morgan fingerprint density at radius 3 is 1.75 bits per heavy atom. The minimum atomic E-state index is 0. The zero-order chi connectivity index (χ0) is 2.71. The molecule has 0 bridgehead atoms. The molecule has 0 saturated heterocycles. The SMILES string of the molecule is [CH2]CC.[CH3]. The topological polar surface area (TPSA) is 0 Å². The molecule has 0 nitrogen and oxygen atoms in total. The number of rotatable bonds is 0. The molecule has 0 aromatic carbocycles. The van der Waals surface area contributed by atoms with Crippen molar-refractivity contribution in [3.8, 4) is 0 Å². The minimum Gasteiger partial charge on any atom is -0.0683 e. The summed E-state index contributed by atoms with van der Waals surface area (Å²) in [6.07, 6.45) is 1.00. The van der Waals surface area contributed by atoms with Crippen LogP contribution in [0.3, 0.4) is 0 Å². The van der Waals surface area contributed by atoms with Crippen molar-refractivity contribution in [3.05, 3.63) is 14.4 Å². The van der Waals surface area contributed by atoms with Crippen LogP contribution in [0, 0.1) is 14.4 Å². The zero-order valence-corrected chi connectivity index (χ0v) is 3.41. The van der Waals surface area contributed by atoms with E-state index in [1.54, 1.807) is 0 Å². The molecule has 0 amide bonds. The first-order valence-electron chi connectivity index (χ1n) is 1.21. The van der Waals surface area contributed by atoms with Crippen molar-refractivity contribution in [2.75, 3.05) is 0 Å². The number of hydrogen-bond acceptors (Lipinski definition) is 0. The maximum atomic E-state index is 3.49. The van der Waals surface area contributed by atoms with Gasteiger partial charge in [-0.3, -0.25) is 0 Å². The smallest absolute Gasteiger partial charge is 0.0536 e. The monoisotopic (exact) mass is 58.1 g/mol. The van der Waals surface area contributed by atoms with Crippen LogP contribution in [0.15, 0.2) is 0 Å². The molecule has 0 heteroatoms. The van der Waals surface area contributed by atoms with Gasteiger partial charge in [0.05, 0.1) is 0 Å². The largest absolute Gasteiger partial charge is 0.0683 e. The van der Waals surface area contributed by atoms with Gasteiger partial charge in [-0.05, 0) is 0 Å². The van der Waals surface area contributed by atoms with Crippen molar-refractivity contribution in [1.82, 2.24) is 0 Å². The first-order chi connectivity index (χ1) is 1.41. The molecule has 0 N–H and O–H groups in total. The standard InChI is InChI=1S/C3H7.CH3/c1-3-2;/h1,3H2,2H3;1H3. The molecule has 0 atom stereocenters. The van der Waals surface area contributed by atoms with E-state index in [1.807, 2.05) is 6.92 Å². The second-order valence-electron chi connectivity index (χ2n) is 0.500. The zero-order valence-electron chi connectivity index (χ0n) is 3.41. The molecule has 2 radical (unpaired) electrons. The van der Waals surface area contributed by atoms with Crippen molar-refractivity contribution >= 4 is 0 Å². The van der Waals surface area contributed by atoms with Crippen molar-refractivity contribution in [1.29, 1.82) is 0 Å². The van der Waals surface area contributed by atoms with Crippen molar-refractivity contribution in [2.45, 2.75) is 13.3 Å². The Hall–Kier alpha value is 0. The molecule has 26 valence electrons. The van der Waals surface area contributed by atoms with Crippen LogP contribution in [0.4, 0.5) is 0 Å². The first kappa shape index (κ1) is 9.00. The lowest BCUT2D eigenvalue weighted by atomic mass is 10.6. The summed E-state index contributed by atoms with van der Waals surface area (Å²) in [6.45, 7) is 5.50. The van der Waals surface area contributed by atoms with E-state index >= 15 is 0 Å². The maximum Gasteiger partial charge on any atom is -0.0536 e. The summed E-state index contributed by atoms with van der Waals surface area (Å²) in [4.78, 5) is 0. The van der Waals surface area contributed by atoms with Crippen molar-refractivity contribution in [2.24, 2.45) is 0 Å². The Balaban J connectivity index is 0. The van der Waals surface area contributed by atoms with E-state index in [9.17, 15) is 0 Å². The highest BCUT2D eigenvalue weighted by atomic mass is 13.4. The van der Waals surface area contributed by atoms with Gasteiger partial charge in [0.15, 0.2) is 0 Å². The van der Waals surface area contributed by atoms with E-state index < -0.39 is 0 Å². The second-order valence-corrected chi connectivity index (χ2v) is 0.500. The Morgan fingerprint density at radius 2 is 1.75 bits per heavy atom. The molecule has 0 fully saturated rings. The van der Waals surface area contributed by atoms with Crippen LogP contribution >= 0.6 is 0 Å². The van der Waals surface area contributed by atoms with Gasteiger partial charge >= 0.3 is 0 Å². The van der Waals surface area contributed by atoms with Gasteiger partial charge in [0.1, 0.15) is 0 Å². The molecule has 0 aromatic rings. The van der Waals surface area contributed by atoms with E-state index in [1.165, 1.54) is 0 Å². The summed E-state index contributed by atoms with van der Waals surface area (Å²) in [6, 6.07) is 0. The van der Waals surface area contributed by atoms with Crippen LogP contribution in [0.1, 0.15) is 13.3 Å². The summed E-state index contributed by atoms with van der Waals surface area (Å²) in [5.74, 6) is 0. The van der Waals surface area contributed by atoms with Gasteiger partial charge in [-0.2, -0.15) is 0 Å². The molecule has 0 unspecified atom stereocenters. The Kier molecular flexibility index (Phi) is 27.0. The van der Waals surface area contributed by atoms with Crippen LogP contribution in [-0.4, -0.2) is 0 Å². The molecule has 0 aliphatic rings. The van der Waals surface area contributed by atoms with E-state index in [0.29, 0.717) is 0 Å². The van der Waals surface area contributed by atoms with Crippen LogP contribution in [0.25, 0.3) is 0 Å². The molecule has 4 heavy (non-hydrogen) atoms. The van der Waals surface area contributed by atoms with E-state index in [4.69, 9.17) is 0 Å². The fourth-order valence-corrected chi connectivity index (χ4v) is 0. The van der Waals surface area contributed by atoms with Crippen molar-refractivity contribution < 1.29 is 0 Å². The molecular weight excluding hydrogens is 48.0 g/mol. The third-order valence-corrected chi connectivity index (χ3v) is 0. The van der Waals surface area contributed by atoms with Crippen molar-refractivity contribution in [3.63, 3.8) is 0 Å². The highest BCUT2D eigenvalue weighted by Crippen LogP contribution is 1.54. The molecule has 0 saturated carbocycles. The van der Waals surface area contributed by atoms with E-state index in [2.05, 4.69) is 6.92 Å². The van der Waals surface area contributed by atoms with Crippen LogP contribution in [0.5, 0.6) is 0 Å². The quantitative estimate of drug-likeness (QED) is 0.397. The molecule has 0 heterocycles. The molecule has 0 aliphatic carbocycles. The summed E-state index contributed by atoms with van der Waals surface area (Å²) >= 11 is 0. The summed E-state index contributed by atoms with van der Waals surface area (Å²) < 4.78 is 0. The number of hydrogen-bond donors (Lipinski definition) is 0. The average molecular weight is 58.1 g/mol. The Morgan fingerprint density at radius 1 is 1.75 bits per heavy atom. The fraction of sp³-hybridized carbons (Fsp3) is 0.500. The summed E-state index contributed by atoms with van der Waals surface area (Å²) in [5, 5.41) is 0. The fourth-order valence-electron chi connectivity index (χ4n) is 0. The first-order valence-corrected chi connectivity index (χ1v) is 1.21. The van der Waals surface area contributed by atoms with Crippen LogP contribution in [-0.2, 0) is 0 Å². The lowest BCUT2D eigenvalue weighted by Crippen LogP contribution is -1.29. The molecule has 0 rings (SSSR count). The normalized spacial score (nSPS) is 4.50. The summed E-state index contributed by atoms with van der Waals surface area (Å²) in [7, 11) is 0. The van der Waals surface area contributed by atoms with Gasteiger partial charge in [-0.1, -0.05) is 27.7 Å². The molecular formula is C4H10. The molecule has 0 aliphatic heterocycles. The van der Waals surface area contributed by atoms with Crippen LogP contribution in [0.2, 0.25) is 0 Å². The Bertz CT molecular complexity index is 0. The van der Waals surface area contributed by atoms with Gasteiger partial charge in [-0.25, -0.2) is 0 Å². The van der Waals surface area contributed by atoms with Crippen LogP contribution < -0.4 is 0 Å². The third kappa shape index (κ3) is 0. The van der Waals surface area contributed by atoms with Gasteiger partial charge in [0.25, 0.3) is 0 Å². The molecule has 0 spiro atoms. The average Bonchev–Trinajstić information content (AvgIpc) is 0.918. The second kappa shape index (κ2) is 12.0. The third-order valence-electron chi connectivity index (χ3n) is 0. The van der Waals surface area contributed by atoms with E-state index in [-0.39, 0.29) is 7.43 Å². The Labute approximate surface area is 28.8 Å². The summed E-state index contributed by atoms with van der Waals surface area (Å²) in [5.41, 5.74) is 0. The predicted octanol–water partition coefficient (Wildman–Crippen LogP) is 1.68. The predicted molar refractivity (Wildman–Crippen MR) is 22.1 cm³/mol. The van der Waals surface area contributed by atoms with Gasteiger partial charge < -0.3 is 0 Å².